The van der Waals surface area contributed by atoms with Crippen LogP contribution in [0.3, 0.4) is 0 Å². The maximum atomic E-state index is 9.97. The Morgan fingerprint density at radius 2 is 2.07 bits per heavy atom. The van der Waals surface area contributed by atoms with E-state index in [9.17, 15) is 5.11 Å². The van der Waals surface area contributed by atoms with Crippen molar-refractivity contribution in [3.05, 3.63) is 23.8 Å². The summed E-state index contributed by atoms with van der Waals surface area (Å²) < 4.78 is 0. The Morgan fingerprint density at radius 3 is 2.60 bits per heavy atom. The van der Waals surface area contributed by atoms with Gasteiger partial charge in [-0.1, -0.05) is 30.2 Å². The highest BCUT2D eigenvalue weighted by atomic mass is 16.3. The van der Waals surface area contributed by atoms with Crippen molar-refractivity contribution in [1.82, 2.24) is 0 Å². The van der Waals surface area contributed by atoms with Gasteiger partial charge in [0.15, 0.2) is 0 Å². The zero-order valence-corrected chi connectivity index (χ0v) is 9.74. The first-order chi connectivity index (χ1) is 7.06. The Labute approximate surface area is 92.3 Å². The van der Waals surface area contributed by atoms with Gasteiger partial charge >= 0.3 is 0 Å². The lowest BCUT2D eigenvalue weighted by Crippen LogP contribution is -2.31. The molecule has 0 aromatic rings. The number of hydrogen-bond donors (Lipinski definition) is 2. The number of hydrogen-bond acceptors (Lipinski definition) is 2. The molecule has 1 rings (SSSR count). The molecule has 2 heteroatoms. The second-order valence-electron chi connectivity index (χ2n) is 4.70. The van der Waals surface area contributed by atoms with Crippen LogP contribution < -0.4 is 0 Å². The molecule has 0 aromatic carbocycles. The molecule has 0 bridgehead atoms. The maximum absolute atomic E-state index is 9.97. The molecule has 1 saturated carbocycles. The summed E-state index contributed by atoms with van der Waals surface area (Å²) in [6.07, 6.45) is 4.78. The third-order valence-corrected chi connectivity index (χ3v) is 3.28. The van der Waals surface area contributed by atoms with Crippen LogP contribution in [-0.2, 0) is 0 Å². The standard InChI is InChI=1S/C13H22O2/c1-9(2)11-5-4-6-13(15)12(11)7-10(3)8-14/h7,11-15H,1,4-6,8H2,2-3H3/b10-7-/t11-,12+,13-/m1/s1. The summed E-state index contributed by atoms with van der Waals surface area (Å²) in [5.41, 5.74) is 2.08. The molecule has 0 radical (unpaired) electrons. The maximum Gasteiger partial charge on any atom is 0.0639 e. The van der Waals surface area contributed by atoms with Crippen molar-refractivity contribution < 1.29 is 10.2 Å². The Bertz CT molecular complexity index is 255. The minimum atomic E-state index is -0.276. The molecule has 0 aromatic heterocycles. The van der Waals surface area contributed by atoms with Gasteiger partial charge in [0.1, 0.15) is 0 Å². The number of aliphatic hydroxyl groups excluding tert-OH is 2. The molecule has 0 saturated heterocycles. The van der Waals surface area contributed by atoms with Gasteiger partial charge in [0.2, 0.25) is 0 Å². The SMILES string of the molecule is C=C(C)[C@H]1CCC[C@@H](O)[C@H]1/C=C(/C)CO. The van der Waals surface area contributed by atoms with Crippen molar-refractivity contribution in [3.8, 4) is 0 Å². The van der Waals surface area contributed by atoms with Crippen LogP contribution in [0.15, 0.2) is 23.8 Å². The van der Waals surface area contributed by atoms with E-state index < -0.39 is 0 Å². The summed E-state index contributed by atoms with van der Waals surface area (Å²) in [7, 11) is 0. The van der Waals surface area contributed by atoms with Crippen molar-refractivity contribution >= 4 is 0 Å². The zero-order chi connectivity index (χ0) is 11.4. The third kappa shape index (κ3) is 3.18. The molecule has 0 heterocycles. The Balaban J connectivity index is 2.81. The van der Waals surface area contributed by atoms with Gasteiger partial charge in [0.25, 0.3) is 0 Å². The van der Waals surface area contributed by atoms with Crippen molar-refractivity contribution in [3.63, 3.8) is 0 Å². The minimum absolute atomic E-state index is 0.0755. The summed E-state index contributed by atoms with van der Waals surface area (Å²) in [6, 6.07) is 0. The highest BCUT2D eigenvalue weighted by Gasteiger charge is 2.30. The molecular formula is C13H22O2. The Morgan fingerprint density at radius 1 is 1.40 bits per heavy atom. The molecule has 2 N–H and O–H groups in total. The molecule has 15 heavy (non-hydrogen) atoms. The molecule has 2 nitrogen and oxygen atoms in total. The lowest BCUT2D eigenvalue weighted by molar-refractivity contribution is 0.0678. The summed E-state index contributed by atoms with van der Waals surface area (Å²) in [4.78, 5) is 0. The van der Waals surface area contributed by atoms with Crippen LogP contribution in [0.1, 0.15) is 33.1 Å². The Hall–Kier alpha value is -0.600. The van der Waals surface area contributed by atoms with E-state index in [2.05, 4.69) is 6.58 Å². The molecule has 0 aliphatic heterocycles. The normalized spacial score (nSPS) is 32.8. The second-order valence-corrected chi connectivity index (χ2v) is 4.70. The van der Waals surface area contributed by atoms with Gasteiger partial charge in [-0.05, 0) is 32.6 Å². The first kappa shape index (κ1) is 12.5. The van der Waals surface area contributed by atoms with Gasteiger partial charge in [-0.15, -0.1) is 0 Å². The van der Waals surface area contributed by atoms with Crippen molar-refractivity contribution in [2.75, 3.05) is 6.61 Å². The van der Waals surface area contributed by atoms with E-state index in [0.29, 0.717) is 5.92 Å². The molecule has 0 unspecified atom stereocenters. The summed E-state index contributed by atoms with van der Waals surface area (Å²) >= 11 is 0. The van der Waals surface area contributed by atoms with Gasteiger partial charge in [0, 0.05) is 5.92 Å². The van der Waals surface area contributed by atoms with Crippen LogP contribution in [0.2, 0.25) is 0 Å². The average Bonchev–Trinajstić information content (AvgIpc) is 2.20. The van der Waals surface area contributed by atoms with E-state index >= 15 is 0 Å². The second kappa shape index (κ2) is 5.47. The molecule has 0 amide bonds. The summed E-state index contributed by atoms with van der Waals surface area (Å²) in [5.74, 6) is 0.513. The molecular weight excluding hydrogens is 188 g/mol. The van der Waals surface area contributed by atoms with Crippen molar-refractivity contribution in [2.45, 2.75) is 39.2 Å². The van der Waals surface area contributed by atoms with E-state index in [4.69, 9.17) is 5.11 Å². The van der Waals surface area contributed by atoms with E-state index in [1.165, 1.54) is 0 Å². The lowest BCUT2D eigenvalue weighted by Gasteiger charge is -2.34. The van der Waals surface area contributed by atoms with Crippen molar-refractivity contribution in [2.24, 2.45) is 11.8 Å². The van der Waals surface area contributed by atoms with E-state index in [0.717, 1.165) is 30.4 Å². The minimum Gasteiger partial charge on any atom is -0.392 e. The van der Waals surface area contributed by atoms with E-state index in [1.807, 2.05) is 19.9 Å². The molecule has 0 spiro atoms. The monoisotopic (exact) mass is 210 g/mol. The van der Waals surface area contributed by atoms with Crippen LogP contribution in [-0.4, -0.2) is 22.9 Å². The molecule has 86 valence electrons. The smallest absolute Gasteiger partial charge is 0.0639 e. The lowest BCUT2D eigenvalue weighted by atomic mass is 9.73. The van der Waals surface area contributed by atoms with Crippen LogP contribution in [0, 0.1) is 11.8 Å². The van der Waals surface area contributed by atoms with Gasteiger partial charge in [-0.25, -0.2) is 0 Å². The van der Waals surface area contributed by atoms with Gasteiger partial charge < -0.3 is 10.2 Å². The highest BCUT2D eigenvalue weighted by Crippen LogP contribution is 2.35. The largest absolute Gasteiger partial charge is 0.392 e. The summed E-state index contributed by atoms with van der Waals surface area (Å²) in [6.45, 7) is 7.99. The zero-order valence-electron chi connectivity index (χ0n) is 9.74. The number of rotatable bonds is 3. The van der Waals surface area contributed by atoms with Gasteiger partial charge in [-0.3, -0.25) is 0 Å². The average molecular weight is 210 g/mol. The van der Waals surface area contributed by atoms with Crippen LogP contribution >= 0.6 is 0 Å². The first-order valence-electron chi connectivity index (χ1n) is 5.68. The molecule has 1 aliphatic rings. The summed E-state index contributed by atoms with van der Waals surface area (Å²) in [5, 5.41) is 19.0. The fraction of sp³-hybridized carbons (Fsp3) is 0.692. The van der Waals surface area contributed by atoms with Gasteiger partial charge in [-0.2, -0.15) is 0 Å². The van der Waals surface area contributed by atoms with Crippen LogP contribution in [0.4, 0.5) is 0 Å². The van der Waals surface area contributed by atoms with E-state index in [1.54, 1.807) is 0 Å². The highest BCUT2D eigenvalue weighted by molar-refractivity contribution is 5.12. The number of aliphatic hydroxyl groups is 2. The van der Waals surface area contributed by atoms with E-state index in [-0.39, 0.29) is 18.6 Å². The predicted octanol–water partition coefficient (Wildman–Crippen LogP) is 2.28. The molecule has 1 fully saturated rings. The van der Waals surface area contributed by atoms with Gasteiger partial charge in [0.05, 0.1) is 12.7 Å². The predicted molar refractivity (Wildman–Crippen MR) is 62.5 cm³/mol. The van der Waals surface area contributed by atoms with Crippen molar-refractivity contribution in [1.29, 1.82) is 0 Å². The topological polar surface area (TPSA) is 40.5 Å². The van der Waals surface area contributed by atoms with Crippen LogP contribution in [0.25, 0.3) is 0 Å². The fourth-order valence-corrected chi connectivity index (χ4v) is 2.38. The van der Waals surface area contributed by atoms with Crippen LogP contribution in [0.5, 0.6) is 0 Å². The Kier molecular flexibility index (Phi) is 4.55. The third-order valence-electron chi connectivity index (χ3n) is 3.28. The fourth-order valence-electron chi connectivity index (χ4n) is 2.38. The number of allylic oxidation sites excluding steroid dienone is 1. The first-order valence-corrected chi connectivity index (χ1v) is 5.68. The molecule has 1 aliphatic carbocycles. The quantitative estimate of drug-likeness (QED) is 0.702. The molecule has 3 atom stereocenters.